The highest BCUT2D eigenvalue weighted by atomic mass is 32.1. The van der Waals surface area contributed by atoms with E-state index >= 15 is 0 Å². The lowest BCUT2D eigenvalue weighted by atomic mass is 10.1. The number of benzene rings is 2. The molecule has 0 saturated carbocycles. The van der Waals surface area contributed by atoms with Crippen LogP contribution in [-0.4, -0.2) is 42.4 Å². The molecule has 2 aromatic rings. The maximum absolute atomic E-state index is 6.03. The van der Waals surface area contributed by atoms with Crippen LogP contribution in [0.4, 0.5) is 0 Å². The molecule has 1 N–H and O–H groups in total. The molecule has 0 fully saturated rings. The minimum Gasteiger partial charge on any atom is -0.486 e. The van der Waals surface area contributed by atoms with Gasteiger partial charge in [0, 0.05) is 13.1 Å². The van der Waals surface area contributed by atoms with Crippen LogP contribution in [0.15, 0.2) is 54.6 Å². The molecule has 132 valence electrons. The maximum Gasteiger partial charge on any atom is 0.169 e. The van der Waals surface area contributed by atoms with Crippen LogP contribution in [0, 0.1) is 0 Å². The summed E-state index contributed by atoms with van der Waals surface area (Å²) in [5.41, 5.74) is 1.31. The Morgan fingerprint density at radius 1 is 1.12 bits per heavy atom. The number of fused-ring (bicyclic) bond motifs is 1. The lowest BCUT2D eigenvalue weighted by Gasteiger charge is -2.32. The second-order valence-electron chi connectivity index (χ2n) is 6.00. The van der Waals surface area contributed by atoms with Crippen LogP contribution in [0.1, 0.15) is 12.5 Å². The Labute approximate surface area is 154 Å². The van der Waals surface area contributed by atoms with Crippen molar-refractivity contribution in [3.63, 3.8) is 0 Å². The zero-order chi connectivity index (χ0) is 17.5. The van der Waals surface area contributed by atoms with E-state index in [4.69, 9.17) is 21.7 Å². The summed E-state index contributed by atoms with van der Waals surface area (Å²) in [7, 11) is 0. The van der Waals surface area contributed by atoms with Crippen molar-refractivity contribution in [3.8, 4) is 11.5 Å². The maximum atomic E-state index is 6.03. The van der Waals surface area contributed by atoms with Gasteiger partial charge in [0.2, 0.25) is 0 Å². The fraction of sp³-hybridized carbons (Fsp3) is 0.350. The molecule has 0 spiro atoms. The van der Waals surface area contributed by atoms with E-state index in [2.05, 4.69) is 41.4 Å². The first-order valence-corrected chi connectivity index (χ1v) is 9.12. The van der Waals surface area contributed by atoms with Crippen molar-refractivity contribution < 1.29 is 9.47 Å². The molecular weight excluding hydrogens is 332 g/mol. The summed E-state index contributed by atoms with van der Waals surface area (Å²) in [5, 5.41) is 4.12. The molecule has 1 aliphatic heterocycles. The standard InChI is InChI=1S/C20H24N2O2S/c1-2-22(20(25)21-13-12-16-8-4-3-5-9-16)14-17-15-23-18-10-6-7-11-19(18)24-17/h3-11,17H,2,12-15H2,1H3,(H,21,25)/t17-/m1/s1. The molecule has 25 heavy (non-hydrogen) atoms. The highest BCUT2D eigenvalue weighted by molar-refractivity contribution is 7.80. The molecule has 0 unspecified atom stereocenters. The van der Waals surface area contributed by atoms with Gasteiger partial charge in [-0.15, -0.1) is 0 Å². The molecule has 0 aromatic heterocycles. The summed E-state index contributed by atoms with van der Waals surface area (Å²) in [4.78, 5) is 2.13. The average Bonchev–Trinajstić information content (AvgIpc) is 2.66. The molecule has 4 nitrogen and oxygen atoms in total. The minimum atomic E-state index is -0.0243. The Hall–Kier alpha value is -2.27. The van der Waals surface area contributed by atoms with Gasteiger partial charge in [-0.05, 0) is 43.3 Å². The predicted molar refractivity (Wildman–Crippen MR) is 104 cm³/mol. The lowest BCUT2D eigenvalue weighted by Crippen LogP contribution is -2.47. The smallest absolute Gasteiger partial charge is 0.169 e. The molecule has 3 rings (SSSR count). The summed E-state index contributed by atoms with van der Waals surface area (Å²) >= 11 is 5.55. The fourth-order valence-electron chi connectivity index (χ4n) is 2.82. The van der Waals surface area contributed by atoms with E-state index in [9.17, 15) is 0 Å². The van der Waals surface area contributed by atoms with Crippen LogP contribution in [0.25, 0.3) is 0 Å². The number of rotatable bonds is 6. The molecule has 2 aromatic carbocycles. The number of nitrogens with zero attached hydrogens (tertiary/aromatic N) is 1. The molecule has 0 bridgehead atoms. The third-order valence-electron chi connectivity index (χ3n) is 4.19. The van der Waals surface area contributed by atoms with E-state index in [1.165, 1.54) is 5.56 Å². The summed E-state index contributed by atoms with van der Waals surface area (Å²) < 4.78 is 11.8. The number of nitrogens with one attached hydrogen (secondary N) is 1. The third-order valence-corrected chi connectivity index (χ3v) is 4.60. The van der Waals surface area contributed by atoms with Crippen LogP contribution >= 0.6 is 12.2 Å². The van der Waals surface area contributed by atoms with Crippen LogP contribution in [-0.2, 0) is 6.42 Å². The van der Waals surface area contributed by atoms with Gasteiger partial charge in [0.1, 0.15) is 6.61 Å². The summed E-state index contributed by atoms with van der Waals surface area (Å²) in [6.45, 7) is 5.01. The van der Waals surface area contributed by atoms with E-state index in [1.807, 2.05) is 30.3 Å². The van der Waals surface area contributed by atoms with Crippen LogP contribution in [0.3, 0.4) is 0 Å². The second kappa shape index (κ2) is 8.72. The summed E-state index contributed by atoms with van der Waals surface area (Å²) in [5.74, 6) is 1.61. The van der Waals surface area contributed by atoms with Crippen LogP contribution in [0.5, 0.6) is 11.5 Å². The average molecular weight is 356 g/mol. The van der Waals surface area contributed by atoms with Gasteiger partial charge < -0.3 is 19.7 Å². The van der Waals surface area contributed by atoms with Crippen molar-refractivity contribution in [2.45, 2.75) is 19.4 Å². The zero-order valence-corrected chi connectivity index (χ0v) is 15.3. The highest BCUT2D eigenvalue weighted by Crippen LogP contribution is 2.30. The van der Waals surface area contributed by atoms with Gasteiger partial charge in [-0.2, -0.15) is 0 Å². The molecule has 1 heterocycles. The molecular formula is C20H24N2O2S. The van der Waals surface area contributed by atoms with Crippen molar-refractivity contribution in [1.29, 1.82) is 0 Å². The summed E-state index contributed by atoms with van der Waals surface area (Å²) in [6.07, 6.45) is 0.929. The van der Waals surface area contributed by atoms with Crippen LogP contribution in [0.2, 0.25) is 0 Å². The molecule has 1 atom stereocenters. The second-order valence-corrected chi connectivity index (χ2v) is 6.39. The first kappa shape index (κ1) is 17.5. The van der Waals surface area contributed by atoms with E-state index in [-0.39, 0.29) is 6.10 Å². The zero-order valence-electron chi connectivity index (χ0n) is 14.5. The topological polar surface area (TPSA) is 33.7 Å². The first-order valence-electron chi connectivity index (χ1n) is 8.71. The molecule has 0 radical (unpaired) electrons. The van der Waals surface area contributed by atoms with E-state index in [0.29, 0.717) is 13.2 Å². The Balaban J connectivity index is 1.48. The Bertz CT molecular complexity index is 693. The fourth-order valence-corrected chi connectivity index (χ4v) is 3.13. The van der Waals surface area contributed by atoms with Crippen molar-refractivity contribution >= 4 is 17.3 Å². The normalized spacial score (nSPS) is 15.5. The van der Waals surface area contributed by atoms with Gasteiger partial charge in [-0.3, -0.25) is 0 Å². The van der Waals surface area contributed by atoms with Gasteiger partial charge in [0.15, 0.2) is 22.7 Å². The number of hydrogen-bond acceptors (Lipinski definition) is 3. The van der Waals surface area contributed by atoms with E-state index in [1.54, 1.807) is 0 Å². The van der Waals surface area contributed by atoms with Crippen molar-refractivity contribution in [1.82, 2.24) is 10.2 Å². The Morgan fingerprint density at radius 3 is 2.60 bits per heavy atom. The van der Waals surface area contributed by atoms with E-state index in [0.717, 1.165) is 36.1 Å². The van der Waals surface area contributed by atoms with E-state index < -0.39 is 0 Å². The van der Waals surface area contributed by atoms with Crippen LogP contribution < -0.4 is 14.8 Å². The summed E-state index contributed by atoms with van der Waals surface area (Å²) in [6, 6.07) is 18.2. The molecule has 1 aliphatic rings. The lowest BCUT2D eigenvalue weighted by molar-refractivity contribution is 0.0748. The van der Waals surface area contributed by atoms with Crippen molar-refractivity contribution in [2.24, 2.45) is 0 Å². The van der Waals surface area contributed by atoms with Crippen molar-refractivity contribution in [2.75, 3.05) is 26.2 Å². The third kappa shape index (κ3) is 4.86. The Kier molecular flexibility index (Phi) is 6.12. The first-order chi connectivity index (χ1) is 12.3. The molecule has 0 aliphatic carbocycles. The van der Waals surface area contributed by atoms with Gasteiger partial charge in [-0.25, -0.2) is 0 Å². The number of likely N-dealkylation sites (N-methyl/N-ethyl adjacent to an activating group) is 1. The Morgan fingerprint density at radius 2 is 1.84 bits per heavy atom. The molecule has 0 amide bonds. The largest absolute Gasteiger partial charge is 0.486 e. The number of thiocarbonyl (C=S) groups is 1. The van der Waals surface area contributed by atoms with Gasteiger partial charge in [-0.1, -0.05) is 42.5 Å². The van der Waals surface area contributed by atoms with Gasteiger partial charge in [0.05, 0.1) is 6.54 Å². The quantitative estimate of drug-likeness (QED) is 0.804. The number of ether oxygens (including phenoxy) is 2. The predicted octanol–water partition coefficient (Wildman–Crippen LogP) is 3.27. The molecule has 5 heteroatoms. The monoisotopic (exact) mass is 356 g/mol. The minimum absolute atomic E-state index is 0.0243. The van der Waals surface area contributed by atoms with Crippen molar-refractivity contribution in [3.05, 3.63) is 60.2 Å². The number of para-hydroxylation sites is 2. The van der Waals surface area contributed by atoms with Gasteiger partial charge in [0.25, 0.3) is 0 Å². The SMILES string of the molecule is CCN(C[C@@H]1COc2ccccc2O1)C(=S)NCCc1ccccc1. The van der Waals surface area contributed by atoms with Gasteiger partial charge >= 0.3 is 0 Å². The molecule has 0 saturated heterocycles. The highest BCUT2D eigenvalue weighted by Gasteiger charge is 2.23. The number of hydrogen-bond donors (Lipinski definition) is 1.